The highest BCUT2D eigenvalue weighted by atomic mass is 19.3. The molecule has 0 unspecified atom stereocenters. The average molecular weight is 646 g/mol. The van der Waals surface area contributed by atoms with Gasteiger partial charge in [0.1, 0.15) is 22.9 Å². The lowest BCUT2D eigenvalue weighted by atomic mass is 9.94. The van der Waals surface area contributed by atoms with Gasteiger partial charge in [-0.2, -0.15) is 0 Å². The first-order chi connectivity index (χ1) is 22.6. The van der Waals surface area contributed by atoms with Crippen LogP contribution in [-0.4, -0.2) is 60.4 Å². The van der Waals surface area contributed by atoms with Crippen LogP contribution in [0.3, 0.4) is 0 Å². The number of benzene rings is 1. The molecule has 0 spiro atoms. The van der Waals surface area contributed by atoms with Crippen LogP contribution in [0.2, 0.25) is 0 Å². The van der Waals surface area contributed by atoms with E-state index in [4.69, 9.17) is 15.7 Å². The van der Waals surface area contributed by atoms with Gasteiger partial charge in [-0.15, -0.1) is 0 Å². The van der Waals surface area contributed by atoms with Gasteiger partial charge >= 0.3 is 0 Å². The summed E-state index contributed by atoms with van der Waals surface area (Å²) in [6.45, 7) is 2.95. The molecule has 4 saturated carbocycles. The number of likely N-dealkylation sites (tertiary alicyclic amines) is 1. The van der Waals surface area contributed by atoms with Gasteiger partial charge in [0.2, 0.25) is 5.91 Å². The van der Waals surface area contributed by atoms with Crippen LogP contribution in [-0.2, 0) is 11.3 Å². The van der Waals surface area contributed by atoms with E-state index >= 15 is 4.39 Å². The maximum absolute atomic E-state index is 16.1. The molecule has 47 heavy (non-hydrogen) atoms. The van der Waals surface area contributed by atoms with Gasteiger partial charge in [-0.25, -0.2) is 23.1 Å². The number of pyridine rings is 1. The molecule has 246 valence electrons. The Balaban J connectivity index is 1.11. The van der Waals surface area contributed by atoms with Crippen LogP contribution in [0.25, 0.3) is 33.6 Å². The van der Waals surface area contributed by atoms with Crippen LogP contribution in [0.15, 0.2) is 30.3 Å². The number of nitrogens with zero attached hydrogens (tertiary/aromatic N) is 5. The summed E-state index contributed by atoms with van der Waals surface area (Å²) >= 11 is 0. The predicted octanol–water partition coefficient (Wildman–Crippen LogP) is 5.72. The maximum atomic E-state index is 16.1. The van der Waals surface area contributed by atoms with E-state index in [1.165, 1.54) is 6.07 Å². The number of carbonyl (C=O) groups is 2. The number of aromatic nitrogens is 4. The van der Waals surface area contributed by atoms with Crippen LogP contribution >= 0.6 is 0 Å². The zero-order chi connectivity index (χ0) is 32.4. The zero-order valence-corrected chi connectivity index (χ0v) is 26.3. The Hall–Kier alpha value is -3.93. The monoisotopic (exact) mass is 645 g/mol. The van der Waals surface area contributed by atoms with Crippen molar-refractivity contribution in [3.05, 3.63) is 47.4 Å². The summed E-state index contributed by atoms with van der Waals surface area (Å²) in [6, 6.07) is 8.49. The van der Waals surface area contributed by atoms with Crippen molar-refractivity contribution in [2.45, 2.75) is 94.9 Å². The van der Waals surface area contributed by atoms with Crippen LogP contribution in [0, 0.1) is 23.6 Å². The number of halogens is 3. The van der Waals surface area contributed by atoms with Crippen molar-refractivity contribution in [1.82, 2.24) is 29.3 Å². The molecule has 4 aliphatic carbocycles. The van der Waals surface area contributed by atoms with Gasteiger partial charge in [0.25, 0.3) is 11.8 Å². The number of nitrogens with one attached hydrogen (secondary N) is 1. The SMILES string of the molecule is C[C@@H](NC(=O)[C@H]1CC1(F)F)c1ccc2cc(-c3nc4cc(C(=O)N5C[C@H](N)[C@@H]6CC[C@H]5C6)cc(F)c4n3C3CC3)n(CC3CC3)c2n1. The zero-order valence-electron chi connectivity index (χ0n) is 26.3. The first-order valence-electron chi connectivity index (χ1n) is 17.0. The Morgan fingerprint density at radius 2 is 1.83 bits per heavy atom. The summed E-state index contributed by atoms with van der Waals surface area (Å²) in [7, 11) is 0. The number of rotatable bonds is 8. The predicted molar refractivity (Wildman–Crippen MR) is 169 cm³/mol. The van der Waals surface area contributed by atoms with Gasteiger partial charge in [0, 0.05) is 48.6 Å². The molecule has 9 rings (SSSR count). The van der Waals surface area contributed by atoms with E-state index in [2.05, 4.69) is 9.88 Å². The summed E-state index contributed by atoms with van der Waals surface area (Å²) in [5.41, 5.74) is 9.65. The lowest BCUT2D eigenvalue weighted by Gasteiger charge is -2.37. The van der Waals surface area contributed by atoms with E-state index in [1.54, 1.807) is 13.0 Å². The second-order valence-electron chi connectivity index (χ2n) is 14.7. The minimum atomic E-state index is -2.93. The molecular weight excluding hydrogens is 607 g/mol. The molecule has 3 aromatic heterocycles. The number of nitrogens with two attached hydrogens (primary N) is 1. The molecule has 0 radical (unpaired) electrons. The van der Waals surface area contributed by atoms with Gasteiger partial charge in [-0.05, 0) is 94.0 Å². The highest BCUT2D eigenvalue weighted by Gasteiger charge is 2.61. The molecule has 5 fully saturated rings. The highest BCUT2D eigenvalue weighted by molar-refractivity contribution is 5.98. The van der Waals surface area contributed by atoms with Gasteiger partial charge in [-0.1, -0.05) is 0 Å². The van der Waals surface area contributed by atoms with Crippen LogP contribution in [0.4, 0.5) is 13.2 Å². The lowest BCUT2D eigenvalue weighted by molar-refractivity contribution is -0.125. The van der Waals surface area contributed by atoms with Gasteiger partial charge < -0.3 is 25.1 Å². The van der Waals surface area contributed by atoms with E-state index < -0.39 is 36.0 Å². The molecule has 1 saturated heterocycles. The molecule has 9 nitrogen and oxygen atoms in total. The summed E-state index contributed by atoms with van der Waals surface area (Å²) in [6.07, 6.45) is 6.46. The molecule has 5 atom stereocenters. The van der Waals surface area contributed by atoms with Crippen molar-refractivity contribution in [3.63, 3.8) is 0 Å². The molecule has 4 heterocycles. The van der Waals surface area contributed by atoms with E-state index in [1.807, 2.05) is 27.7 Å². The minimum absolute atomic E-state index is 0.0586. The second-order valence-corrected chi connectivity index (χ2v) is 14.7. The standard InChI is InChI=1S/C35H38F3N7O2/c1-17(40-33(46)24-14-35(24,37)38)27-9-5-20-13-29(44(31(20)41-27)15-18-2-3-18)32-42-28-12-21(11-25(36)30(28)45(32)22-7-8-22)34(47)43-16-26(39)19-4-6-23(43)10-19/h5,9,11-13,17-19,22-24,26H,2-4,6-8,10,14-16,39H2,1H3,(H,40,46)/t17-,19-,23+,24-,26+/m1/s1. The molecule has 1 aliphatic heterocycles. The normalized spacial score (nSPS) is 27.0. The molecule has 2 bridgehead atoms. The van der Waals surface area contributed by atoms with Gasteiger partial charge in [0.05, 0.1) is 22.9 Å². The minimum Gasteiger partial charge on any atom is -0.348 e. The van der Waals surface area contributed by atoms with Crippen molar-refractivity contribution < 1.29 is 22.8 Å². The Morgan fingerprint density at radius 3 is 2.55 bits per heavy atom. The van der Waals surface area contributed by atoms with Crippen molar-refractivity contribution in [3.8, 4) is 11.5 Å². The third-order valence-corrected chi connectivity index (χ3v) is 11.1. The fourth-order valence-electron chi connectivity index (χ4n) is 7.98. The van der Waals surface area contributed by atoms with E-state index in [9.17, 15) is 18.4 Å². The quantitative estimate of drug-likeness (QED) is 0.255. The molecule has 2 amide bonds. The fraction of sp³-hybridized carbons (Fsp3) is 0.543. The number of hydrogen-bond acceptors (Lipinski definition) is 5. The van der Waals surface area contributed by atoms with E-state index in [0.29, 0.717) is 58.7 Å². The van der Waals surface area contributed by atoms with E-state index in [0.717, 1.165) is 56.0 Å². The third kappa shape index (κ3) is 4.93. The number of imidazole rings is 1. The number of fused-ring (bicyclic) bond motifs is 4. The number of amides is 2. The topological polar surface area (TPSA) is 111 Å². The summed E-state index contributed by atoms with van der Waals surface area (Å²) < 4.78 is 47.3. The molecule has 3 N–H and O–H groups in total. The molecule has 1 aromatic carbocycles. The number of carbonyl (C=O) groups excluding carboxylic acids is 2. The van der Waals surface area contributed by atoms with Gasteiger partial charge in [0.15, 0.2) is 5.82 Å². The highest BCUT2D eigenvalue weighted by Crippen LogP contribution is 2.49. The second kappa shape index (κ2) is 10.3. The first-order valence-corrected chi connectivity index (χ1v) is 17.0. The average Bonchev–Trinajstić information content (AvgIpc) is 4.00. The maximum Gasteiger partial charge on any atom is 0.260 e. The molecule has 12 heteroatoms. The summed E-state index contributed by atoms with van der Waals surface area (Å²) in [5, 5.41) is 3.58. The van der Waals surface area contributed by atoms with Gasteiger partial charge in [-0.3, -0.25) is 9.59 Å². The van der Waals surface area contributed by atoms with Crippen molar-refractivity contribution >= 4 is 33.9 Å². The third-order valence-electron chi connectivity index (χ3n) is 11.1. The molecular formula is C35H38F3N7O2. The van der Waals surface area contributed by atoms with E-state index in [-0.39, 0.29) is 24.0 Å². The number of piperidine rings is 1. The molecule has 4 aromatic rings. The van der Waals surface area contributed by atoms with Crippen molar-refractivity contribution in [2.24, 2.45) is 23.5 Å². The molecule has 5 aliphatic rings. The van der Waals surface area contributed by atoms with Crippen LogP contribution in [0.5, 0.6) is 0 Å². The Labute approximate surface area is 269 Å². The first kappa shape index (κ1) is 29.2. The number of alkyl halides is 2. The Bertz CT molecular complexity index is 1960. The van der Waals surface area contributed by atoms with Crippen LogP contribution < -0.4 is 11.1 Å². The lowest BCUT2D eigenvalue weighted by Crippen LogP contribution is -2.51. The van der Waals surface area contributed by atoms with Crippen LogP contribution in [0.1, 0.15) is 86.4 Å². The van der Waals surface area contributed by atoms with Crippen molar-refractivity contribution in [2.75, 3.05) is 6.54 Å². The summed E-state index contributed by atoms with van der Waals surface area (Å²) in [4.78, 5) is 38.0. The smallest absolute Gasteiger partial charge is 0.260 e. The summed E-state index contributed by atoms with van der Waals surface area (Å²) in [5.74, 6) is -3.96. The fourth-order valence-corrected chi connectivity index (χ4v) is 7.98. The number of hydrogen-bond donors (Lipinski definition) is 2. The largest absolute Gasteiger partial charge is 0.348 e. The van der Waals surface area contributed by atoms with Crippen molar-refractivity contribution in [1.29, 1.82) is 0 Å². The Morgan fingerprint density at radius 1 is 1.06 bits per heavy atom. The Kier molecular flexibility index (Phi) is 6.39.